The molecule has 0 saturated carbocycles. The number of hydrogen-bond acceptors (Lipinski definition) is 4. The summed E-state index contributed by atoms with van der Waals surface area (Å²) >= 11 is 1.54. The number of likely N-dealkylation sites (tertiary alicyclic amines) is 1. The Morgan fingerprint density at radius 2 is 1.64 bits per heavy atom. The summed E-state index contributed by atoms with van der Waals surface area (Å²) in [6.45, 7) is 7.53. The summed E-state index contributed by atoms with van der Waals surface area (Å²) in [6.07, 6.45) is 3.36. The highest BCUT2D eigenvalue weighted by atomic mass is 32.1. The van der Waals surface area contributed by atoms with E-state index in [2.05, 4.69) is 41.1 Å². The minimum absolute atomic E-state index is 0.210. The van der Waals surface area contributed by atoms with Crippen molar-refractivity contribution in [3.05, 3.63) is 57.8 Å². The van der Waals surface area contributed by atoms with Gasteiger partial charge in [-0.1, -0.05) is 30.3 Å². The molecule has 0 N–H and O–H groups in total. The maximum atomic E-state index is 12.5. The molecule has 4 rings (SSSR count). The summed E-state index contributed by atoms with van der Waals surface area (Å²) < 4.78 is 0. The largest absolute Gasteiger partial charge is 0.338 e. The van der Waals surface area contributed by atoms with Crippen LogP contribution >= 0.6 is 11.3 Å². The van der Waals surface area contributed by atoms with Crippen LogP contribution in [0.1, 0.15) is 33.6 Å². The monoisotopic (exact) mass is 397 g/mol. The molecule has 4 nitrogen and oxygen atoms in total. The van der Waals surface area contributed by atoms with Gasteiger partial charge in [-0.25, -0.2) is 0 Å². The van der Waals surface area contributed by atoms with Crippen LogP contribution in [-0.2, 0) is 13.0 Å². The lowest BCUT2D eigenvalue weighted by atomic mass is 9.90. The van der Waals surface area contributed by atoms with Crippen LogP contribution in [0.5, 0.6) is 0 Å². The zero-order valence-electron chi connectivity index (χ0n) is 16.8. The molecular weight excluding hydrogens is 366 g/mol. The average Bonchev–Trinajstić information content (AvgIpc) is 3.26. The Balaban J connectivity index is 1.23. The van der Waals surface area contributed by atoms with E-state index in [1.807, 2.05) is 22.4 Å². The second kappa shape index (κ2) is 9.21. The van der Waals surface area contributed by atoms with E-state index < -0.39 is 0 Å². The lowest BCUT2D eigenvalue weighted by Crippen LogP contribution is -2.43. The van der Waals surface area contributed by atoms with Gasteiger partial charge in [-0.15, -0.1) is 11.3 Å². The van der Waals surface area contributed by atoms with Gasteiger partial charge in [0, 0.05) is 45.8 Å². The Labute approximate surface area is 172 Å². The minimum Gasteiger partial charge on any atom is -0.338 e. The maximum Gasteiger partial charge on any atom is 0.263 e. The number of piperidine rings is 1. The summed E-state index contributed by atoms with van der Waals surface area (Å²) in [6, 6.07) is 13.1. The second-order valence-electron chi connectivity index (χ2n) is 8.31. The smallest absolute Gasteiger partial charge is 0.263 e. The molecular formula is C23H31N3OS. The molecule has 0 radical (unpaired) electrons. The predicted molar refractivity (Wildman–Crippen MR) is 116 cm³/mol. The molecule has 0 atom stereocenters. The Hall–Kier alpha value is -1.69. The van der Waals surface area contributed by atoms with E-state index >= 15 is 0 Å². The van der Waals surface area contributed by atoms with Crippen LogP contribution in [0.3, 0.4) is 0 Å². The number of amides is 1. The number of likely N-dealkylation sites (N-methyl/N-ethyl adjacent to an activating group) is 1. The fourth-order valence-electron chi connectivity index (χ4n) is 4.27. The fourth-order valence-corrected chi connectivity index (χ4v) is 4.97. The molecule has 5 heteroatoms. The Morgan fingerprint density at radius 1 is 0.964 bits per heavy atom. The number of hydrogen-bond donors (Lipinski definition) is 0. The van der Waals surface area contributed by atoms with Gasteiger partial charge in [0.1, 0.15) is 0 Å². The number of thiophene rings is 1. The number of benzene rings is 1. The van der Waals surface area contributed by atoms with Gasteiger partial charge in [-0.05, 0) is 54.8 Å². The minimum atomic E-state index is 0.210. The average molecular weight is 398 g/mol. The van der Waals surface area contributed by atoms with E-state index in [1.165, 1.54) is 37.3 Å². The van der Waals surface area contributed by atoms with Crippen LogP contribution in [0, 0.1) is 5.92 Å². The van der Waals surface area contributed by atoms with Crippen molar-refractivity contribution in [3.63, 3.8) is 0 Å². The molecule has 2 fully saturated rings. The van der Waals surface area contributed by atoms with Gasteiger partial charge < -0.3 is 9.80 Å². The van der Waals surface area contributed by atoms with Crippen LogP contribution in [0.25, 0.3) is 0 Å². The maximum absolute atomic E-state index is 12.5. The Kier molecular flexibility index (Phi) is 6.45. The number of carbonyl (C=O) groups excluding carboxylic acids is 1. The van der Waals surface area contributed by atoms with Crippen LogP contribution in [-0.4, -0.2) is 66.9 Å². The topological polar surface area (TPSA) is 26.8 Å². The quantitative estimate of drug-likeness (QED) is 0.771. The van der Waals surface area contributed by atoms with E-state index in [9.17, 15) is 4.79 Å². The molecule has 0 unspecified atom stereocenters. The van der Waals surface area contributed by atoms with Crippen molar-refractivity contribution in [1.29, 1.82) is 0 Å². The van der Waals surface area contributed by atoms with Crippen molar-refractivity contribution < 1.29 is 4.79 Å². The number of rotatable bonds is 5. The van der Waals surface area contributed by atoms with Gasteiger partial charge in [0.2, 0.25) is 0 Å². The van der Waals surface area contributed by atoms with Crippen molar-refractivity contribution in [2.24, 2.45) is 5.92 Å². The first kappa shape index (κ1) is 19.6. The molecule has 2 aliphatic rings. The zero-order chi connectivity index (χ0) is 19.3. The molecule has 150 valence electrons. The third-order valence-corrected chi connectivity index (χ3v) is 7.04. The Morgan fingerprint density at radius 3 is 2.29 bits per heavy atom. The highest BCUT2D eigenvalue weighted by Gasteiger charge is 2.24. The van der Waals surface area contributed by atoms with Gasteiger partial charge in [0.15, 0.2) is 0 Å². The van der Waals surface area contributed by atoms with Crippen molar-refractivity contribution in [2.45, 2.75) is 25.8 Å². The molecule has 3 heterocycles. The van der Waals surface area contributed by atoms with Crippen LogP contribution in [0.2, 0.25) is 0 Å². The fraction of sp³-hybridized carbons (Fsp3) is 0.522. The first-order chi connectivity index (χ1) is 13.7. The van der Waals surface area contributed by atoms with E-state index in [-0.39, 0.29) is 5.91 Å². The van der Waals surface area contributed by atoms with E-state index in [0.29, 0.717) is 5.92 Å². The predicted octanol–water partition coefficient (Wildman–Crippen LogP) is 3.59. The van der Waals surface area contributed by atoms with Crippen LogP contribution < -0.4 is 0 Å². The lowest BCUT2D eigenvalue weighted by molar-refractivity contribution is 0.0695. The second-order valence-corrected chi connectivity index (χ2v) is 9.26. The van der Waals surface area contributed by atoms with E-state index in [4.69, 9.17) is 0 Å². The van der Waals surface area contributed by atoms with E-state index in [1.54, 1.807) is 11.3 Å². The van der Waals surface area contributed by atoms with Gasteiger partial charge in [-0.3, -0.25) is 9.69 Å². The molecule has 1 aromatic heterocycles. The van der Waals surface area contributed by atoms with Crippen molar-refractivity contribution in [1.82, 2.24) is 14.7 Å². The molecule has 1 aromatic carbocycles. The molecule has 28 heavy (non-hydrogen) atoms. The number of carbonyl (C=O) groups is 1. The van der Waals surface area contributed by atoms with Gasteiger partial charge >= 0.3 is 0 Å². The SMILES string of the molecule is CN1CCN(Cc2ccc(CC3CCN(C(=O)c4cccs4)CC3)cc2)CC1. The van der Waals surface area contributed by atoms with Gasteiger partial charge in [0.25, 0.3) is 5.91 Å². The lowest BCUT2D eigenvalue weighted by Gasteiger charge is -2.32. The van der Waals surface area contributed by atoms with Gasteiger partial charge in [-0.2, -0.15) is 0 Å². The summed E-state index contributed by atoms with van der Waals surface area (Å²) in [7, 11) is 2.20. The highest BCUT2D eigenvalue weighted by Crippen LogP contribution is 2.24. The molecule has 2 aromatic rings. The molecule has 2 aliphatic heterocycles. The first-order valence-corrected chi connectivity index (χ1v) is 11.4. The summed E-state index contributed by atoms with van der Waals surface area (Å²) in [4.78, 5) is 20.3. The standard InChI is InChI=1S/C23H31N3OS/c1-24-12-14-25(15-13-24)18-21-6-4-19(5-7-21)17-20-8-10-26(11-9-20)23(27)22-3-2-16-28-22/h2-7,16,20H,8-15,17-18H2,1H3. The molecule has 1 amide bonds. The summed E-state index contributed by atoms with van der Waals surface area (Å²) in [5, 5.41) is 1.98. The zero-order valence-corrected chi connectivity index (χ0v) is 17.7. The molecule has 2 saturated heterocycles. The van der Waals surface area contributed by atoms with Crippen molar-refractivity contribution in [3.8, 4) is 0 Å². The Bertz CT molecular complexity index is 743. The van der Waals surface area contributed by atoms with Crippen LogP contribution in [0.4, 0.5) is 0 Å². The summed E-state index contributed by atoms with van der Waals surface area (Å²) in [5.41, 5.74) is 2.86. The van der Waals surface area contributed by atoms with Crippen molar-refractivity contribution >= 4 is 17.2 Å². The highest BCUT2D eigenvalue weighted by molar-refractivity contribution is 7.12. The molecule has 0 aliphatic carbocycles. The molecule has 0 bridgehead atoms. The number of nitrogens with zero attached hydrogens (tertiary/aromatic N) is 3. The third-order valence-electron chi connectivity index (χ3n) is 6.18. The van der Waals surface area contributed by atoms with Crippen molar-refractivity contribution in [2.75, 3.05) is 46.3 Å². The summed E-state index contributed by atoms with van der Waals surface area (Å²) in [5.74, 6) is 0.901. The number of piperazine rings is 1. The molecule has 0 spiro atoms. The van der Waals surface area contributed by atoms with E-state index in [0.717, 1.165) is 43.8 Å². The van der Waals surface area contributed by atoms with Gasteiger partial charge in [0.05, 0.1) is 4.88 Å². The normalized spacial score (nSPS) is 19.8. The first-order valence-electron chi connectivity index (χ1n) is 10.5. The van der Waals surface area contributed by atoms with Crippen LogP contribution in [0.15, 0.2) is 41.8 Å². The third kappa shape index (κ3) is 5.02.